The molecule has 5 aliphatic carbocycles. The molecular formula is C32H56. The maximum atomic E-state index is 2.41. The van der Waals surface area contributed by atoms with Gasteiger partial charge in [0, 0.05) is 0 Å². The molecule has 0 aliphatic heterocycles. The average Bonchev–Trinajstić information content (AvgIpc) is 2.83. The van der Waals surface area contributed by atoms with Crippen LogP contribution in [0.3, 0.4) is 0 Å². The van der Waals surface area contributed by atoms with E-state index in [1.807, 2.05) is 0 Å². The highest BCUT2D eigenvalue weighted by molar-refractivity contribution is 5.07. The fraction of sp³-hybridized carbons (Fsp3) is 1.00. The predicted octanol–water partition coefficient (Wildman–Crippen LogP) is 10.3. The van der Waals surface area contributed by atoms with Gasteiger partial charge in [-0.2, -0.15) is 0 Å². The van der Waals surface area contributed by atoms with Gasteiger partial charge >= 0.3 is 0 Å². The molecular weight excluding hydrogens is 384 g/mol. The van der Waals surface area contributed by atoms with Crippen LogP contribution in [0.5, 0.6) is 0 Å². The van der Waals surface area contributed by atoms with Gasteiger partial charge in [-0.25, -0.2) is 0 Å². The first kappa shape index (κ1) is 23.7. The summed E-state index contributed by atoms with van der Waals surface area (Å²) in [6.07, 6.45) is 34.5. The lowest BCUT2D eigenvalue weighted by Gasteiger charge is -2.62. The molecule has 2 spiro atoms. The fourth-order valence-electron chi connectivity index (χ4n) is 10.2. The third kappa shape index (κ3) is 5.15. The van der Waals surface area contributed by atoms with Crippen molar-refractivity contribution in [2.24, 2.45) is 46.3 Å². The first-order valence-corrected chi connectivity index (χ1v) is 15.6. The van der Waals surface area contributed by atoms with Crippen LogP contribution < -0.4 is 0 Å². The smallest absolute Gasteiger partial charge is 0.0287 e. The zero-order chi connectivity index (χ0) is 22.0. The summed E-state index contributed by atoms with van der Waals surface area (Å²) in [7, 11) is 0. The van der Waals surface area contributed by atoms with Gasteiger partial charge in [0.05, 0.1) is 0 Å². The van der Waals surface area contributed by atoms with Crippen LogP contribution in [-0.4, -0.2) is 0 Å². The molecule has 5 aliphatic rings. The van der Waals surface area contributed by atoms with Crippen molar-refractivity contribution in [1.29, 1.82) is 0 Å². The van der Waals surface area contributed by atoms with Crippen LogP contribution in [0, 0.1) is 46.3 Å². The van der Waals surface area contributed by atoms with Gasteiger partial charge in [-0.3, -0.25) is 0 Å². The molecule has 0 heteroatoms. The van der Waals surface area contributed by atoms with Crippen LogP contribution in [0.25, 0.3) is 0 Å². The monoisotopic (exact) mass is 440 g/mol. The molecule has 184 valence electrons. The van der Waals surface area contributed by atoms with Crippen LogP contribution in [0.2, 0.25) is 0 Å². The highest BCUT2D eigenvalue weighted by Gasteiger charge is 2.56. The van der Waals surface area contributed by atoms with Gasteiger partial charge in [0.25, 0.3) is 0 Å². The Morgan fingerprint density at radius 2 is 0.906 bits per heavy atom. The summed E-state index contributed by atoms with van der Waals surface area (Å²) in [4.78, 5) is 0. The fourth-order valence-corrected chi connectivity index (χ4v) is 10.2. The summed E-state index contributed by atoms with van der Waals surface area (Å²) in [6, 6.07) is 0. The molecule has 0 heterocycles. The molecule has 0 aromatic carbocycles. The molecule has 0 bridgehead atoms. The summed E-state index contributed by atoms with van der Waals surface area (Å²) in [6.45, 7) is 4.77. The Morgan fingerprint density at radius 3 is 1.31 bits per heavy atom. The Hall–Kier alpha value is 0. The second-order valence-corrected chi connectivity index (χ2v) is 14.1. The van der Waals surface area contributed by atoms with Crippen LogP contribution in [0.1, 0.15) is 155 Å². The van der Waals surface area contributed by atoms with E-state index in [-0.39, 0.29) is 0 Å². The summed E-state index contributed by atoms with van der Waals surface area (Å²) < 4.78 is 0. The quantitative estimate of drug-likeness (QED) is 0.385. The van der Waals surface area contributed by atoms with Gasteiger partial charge in [-0.1, -0.05) is 65.2 Å². The minimum atomic E-state index is 0.820. The van der Waals surface area contributed by atoms with Crippen molar-refractivity contribution >= 4 is 0 Å². The maximum absolute atomic E-state index is 2.41. The molecule has 0 aromatic rings. The van der Waals surface area contributed by atoms with E-state index >= 15 is 0 Å². The standard InChI is InChI=1S/C32H56/c1-3-5-6-26-9-13-28(14-10-26)30-17-21-32(22-18-30)23-31(24-32)19-15-29(16-20-31)27-11-7-25(4-2)8-12-27/h25-30H,3-24H2,1-2H3/t25-,26-,27-,28-,29?,30?,31?,32?. The molecule has 0 N–H and O–H groups in total. The lowest BCUT2D eigenvalue weighted by Crippen LogP contribution is -2.50. The van der Waals surface area contributed by atoms with Gasteiger partial charge in [-0.05, 0) is 136 Å². The minimum absolute atomic E-state index is 0.820. The highest BCUT2D eigenvalue weighted by atomic mass is 14.6. The van der Waals surface area contributed by atoms with E-state index in [2.05, 4.69) is 13.8 Å². The molecule has 0 amide bonds. The largest absolute Gasteiger partial charge is 0.0654 e. The van der Waals surface area contributed by atoms with Crippen molar-refractivity contribution in [2.75, 3.05) is 0 Å². The minimum Gasteiger partial charge on any atom is -0.0654 e. The Kier molecular flexibility index (Phi) is 7.65. The number of unbranched alkanes of at least 4 members (excludes halogenated alkanes) is 1. The predicted molar refractivity (Wildman–Crippen MR) is 139 cm³/mol. The van der Waals surface area contributed by atoms with E-state index < -0.39 is 0 Å². The Bertz CT molecular complexity index is 547. The molecule has 0 aromatic heterocycles. The van der Waals surface area contributed by atoms with Crippen molar-refractivity contribution in [3.05, 3.63) is 0 Å². The van der Waals surface area contributed by atoms with Crippen molar-refractivity contribution < 1.29 is 0 Å². The number of rotatable bonds is 6. The third-order valence-electron chi connectivity index (χ3n) is 12.3. The first-order valence-electron chi connectivity index (χ1n) is 15.6. The topological polar surface area (TPSA) is 0 Å². The lowest BCUT2D eigenvalue weighted by molar-refractivity contribution is -0.109. The van der Waals surface area contributed by atoms with E-state index in [1.165, 1.54) is 25.7 Å². The summed E-state index contributed by atoms with van der Waals surface area (Å²) in [5.74, 6) is 6.59. The van der Waals surface area contributed by atoms with E-state index in [0.717, 1.165) is 46.3 Å². The average molecular weight is 441 g/mol. The van der Waals surface area contributed by atoms with Crippen LogP contribution in [-0.2, 0) is 0 Å². The summed E-state index contributed by atoms with van der Waals surface area (Å²) >= 11 is 0. The SMILES string of the molecule is CCCC[C@H]1CC[C@H](C2CCC3(CC2)CC2(CCC([C@H]4CC[C@H](CC)CC4)CC2)C3)CC1. The summed E-state index contributed by atoms with van der Waals surface area (Å²) in [5, 5.41) is 0. The molecule has 5 fully saturated rings. The zero-order valence-electron chi connectivity index (χ0n) is 22.0. The summed E-state index contributed by atoms with van der Waals surface area (Å²) in [5.41, 5.74) is 1.64. The van der Waals surface area contributed by atoms with Crippen molar-refractivity contribution in [3.8, 4) is 0 Å². The number of hydrogen-bond acceptors (Lipinski definition) is 0. The zero-order valence-corrected chi connectivity index (χ0v) is 22.0. The second kappa shape index (κ2) is 10.3. The maximum Gasteiger partial charge on any atom is -0.0287 e. The Labute approximate surface area is 201 Å². The van der Waals surface area contributed by atoms with E-state index in [0.29, 0.717) is 0 Å². The van der Waals surface area contributed by atoms with E-state index in [9.17, 15) is 0 Å². The lowest BCUT2D eigenvalue weighted by atomic mass is 9.43. The molecule has 0 nitrogen and oxygen atoms in total. The normalized spacial score (nSPS) is 47.4. The first-order chi connectivity index (χ1) is 15.6. The third-order valence-corrected chi connectivity index (χ3v) is 12.3. The Balaban J connectivity index is 1.02. The van der Waals surface area contributed by atoms with Crippen molar-refractivity contribution in [1.82, 2.24) is 0 Å². The van der Waals surface area contributed by atoms with Crippen LogP contribution in [0.4, 0.5) is 0 Å². The molecule has 0 unspecified atom stereocenters. The second-order valence-electron chi connectivity index (χ2n) is 14.1. The molecule has 0 atom stereocenters. The van der Waals surface area contributed by atoms with Crippen LogP contribution >= 0.6 is 0 Å². The van der Waals surface area contributed by atoms with Crippen molar-refractivity contribution in [2.45, 2.75) is 155 Å². The van der Waals surface area contributed by atoms with Gasteiger partial charge < -0.3 is 0 Å². The molecule has 0 saturated heterocycles. The van der Waals surface area contributed by atoms with E-state index in [1.54, 1.807) is 116 Å². The van der Waals surface area contributed by atoms with Gasteiger partial charge in [-0.15, -0.1) is 0 Å². The molecule has 32 heavy (non-hydrogen) atoms. The van der Waals surface area contributed by atoms with Gasteiger partial charge in [0.2, 0.25) is 0 Å². The Morgan fingerprint density at radius 1 is 0.500 bits per heavy atom. The van der Waals surface area contributed by atoms with Gasteiger partial charge in [0.1, 0.15) is 0 Å². The van der Waals surface area contributed by atoms with Gasteiger partial charge in [0.15, 0.2) is 0 Å². The highest BCUT2D eigenvalue weighted by Crippen LogP contribution is 2.67. The van der Waals surface area contributed by atoms with Crippen molar-refractivity contribution in [3.63, 3.8) is 0 Å². The molecule has 0 radical (unpaired) electrons. The van der Waals surface area contributed by atoms with Crippen LogP contribution in [0.15, 0.2) is 0 Å². The number of hydrogen-bond donors (Lipinski definition) is 0. The molecule has 5 rings (SSSR count). The van der Waals surface area contributed by atoms with E-state index in [4.69, 9.17) is 0 Å². The molecule has 5 saturated carbocycles.